The Hall–Kier alpha value is -3.06. The highest BCUT2D eigenvalue weighted by atomic mass is 32.2. The number of nitrogens with zero attached hydrogens (tertiary/aromatic N) is 2. The molecule has 0 aliphatic heterocycles. The van der Waals surface area contributed by atoms with Gasteiger partial charge in [0.05, 0.1) is 21.7 Å². The molecule has 0 fully saturated rings. The molecule has 0 aliphatic rings. The van der Waals surface area contributed by atoms with Gasteiger partial charge in [-0.25, -0.2) is 13.4 Å². The quantitative estimate of drug-likeness (QED) is 0.362. The van der Waals surface area contributed by atoms with Crippen molar-refractivity contribution in [1.29, 1.82) is 0 Å². The van der Waals surface area contributed by atoms with Gasteiger partial charge >= 0.3 is 12.4 Å². The number of halogens is 6. The number of sulfonamides is 1. The Balaban J connectivity index is 1.71. The summed E-state index contributed by atoms with van der Waals surface area (Å²) in [4.78, 5) is 3.90. The summed E-state index contributed by atoms with van der Waals surface area (Å²) >= 11 is 1.38. The van der Waals surface area contributed by atoms with Crippen LogP contribution in [0, 0.1) is 0 Å². The van der Waals surface area contributed by atoms with Crippen molar-refractivity contribution in [3.63, 3.8) is 0 Å². The van der Waals surface area contributed by atoms with Crippen LogP contribution in [-0.4, -0.2) is 17.8 Å². The molecule has 0 radical (unpaired) electrons. The van der Waals surface area contributed by atoms with E-state index in [9.17, 15) is 34.8 Å². The molecule has 4 aromatic rings. The number of thiazole rings is 1. The minimum absolute atomic E-state index is 0.0511. The molecule has 0 bridgehead atoms. The molecule has 4 rings (SSSR count). The van der Waals surface area contributed by atoms with Gasteiger partial charge in [0.15, 0.2) is 4.96 Å². The van der Waals surface area contributed by atoms with Crippen LogP contribution in [-0.2, 0) is 22.4 Å². The van der Waals surface area contributed by atoms with E-state index in [1.807, 2.05) is 10.1 Å². The zero-order chi connectivity index (χ0) is 23.3. The highest BCUT2D eigenvalue weighted by Gasteiger charge is 2.38. The first kappa shape index (κ1) is 22.1. The fourth-order valence-corrected chi connectivity index (χ4v) is 4.72. The first-order chi connectivity index (χ1) is 14.8. The summed E-state index contributed by atoms with van der Waals surface area (Å²) in [6, 6.07) is 5.99. The lowest BCUT2D eigenvalue weighted by Gasteiger charge is -2.15. The molecular formula is C19H11F6N3O2S2. The average Bonchev–Trinajstić information content (AvgIpc) is 3.28. The Kier molecular flexibility index (Phi) is 5.20. The first-order valence-corrected chi connectivity index (χ1v) is 11.0. The minimum atomic E-state index is -5.17. The monoisotopic (exact) mass is 491 g/mol. The summed E-state index contributed by atoms with van der Waals surface area (Å²) in [7, 11) is -4.77. The number of imidazole rings is 1. The van der Waals surface area contributed by atoms with Gasteiger partial charge in [-0.15, -0.1) is 11.3 Å². The maximum atomic E-state index is 13.1. The third-order valence-corrected chi connectivity index (χ3v) is 6.51. The zero-order valence-electron chi connectivity index (χ0n) is 15.6. The fourth-order valence-electron chi connectivity index (χ4n) is 2.90. The van der Waals surface area contributed by atoms with E-state index in [1.54, 1.807) is 22.9 Å². The second-order valence-corrected chi connectivity index (χ2v) is 9.20. The van der Waals surface area contributed by atoms with Gasteiger partial charge in [0.25, 0.3) is 10.0 Å². The highest BCUT2D eigenvalue weighted by molar-refractivity contribution is 7.92. The third-order valence-electron chi connectivity index (χ3n) is 4.38. The van der Waals surface area contributed by atoms with E-state index in [4.69, 9.17) is 0 Å². The molecule has 0 amide bonds. The molecule has 0 saturated carbocycles. The maximum Gasteiger partial charge on any atom is 0.416 e. The molecule has 5 nitrogen and oxygen atoms in total. The van der Waals surface area contributed by atoms with Crippen LogP contribution in [0.3, 0.4) is 0 Å². The fraction of sp³-hybridized carbons (Fsp3) is 0.105. The molecule has 2 aromatic heterocycles. The number of nitrogens with one attached hydrogen (secondary N) is 1. The van der Waals surface area contributed by atoms with Gasteiger partial charge in [0.1, 0.15) is 0 Å². The smallest absolute Gasteiger partial charge is 0.297 e. The van der Waals surface area contributed by atoms with Crippen LogP contribution in [0.2, 0.25) is 0 Å². The van der Waals surface area contributed by atoms with E-state index < -0.39 is 38.4 Å². The lowest BCUT2D eigenvalue weighted by molar-refractivity contribution is -0.143. The maximum absolute atomic E-state index is 13.1. The summed E-state index contributed by atoms with van der Waals surface area (Å²) in [6.45, 7) is 0. The first-order valence-electron chi connectivity index (χ1n) is 8.68. The molecule has 1 N–H and O–H groups in total. The molecule has 168 valence electrons. The van der Waals surface area contributed by atoms with Crippen LogP contribution < -0.4 is 4.72 Å². The molecule has 2 heterocycles. The van der Waals surface area contributed by atoms with Crippen molar-refractivity contribution in [1.82, 2.24) is 9.38 Å². The van der Waals surface area contributed by atoms with Gasteiger partial charge < -0.3 is 0 Å². The van der Waals surface area contributed by atoms with Crippen LogP contribution in [0.15, 0.2) is 65.1 Å². The van der Waals surface area contributed by atoms with E-state index >= 15 is 0 Å². The molecule has 0 unspecified atom stereocenters. The van der Waals surface area contributed by atoms with Crippen LogP contribution in [0.25, 0.3) is 16.2 Å². The largest absolute Gasteiger partial charge is 0.416 e. The Morgan fingerprint density at radius 3 is 2.19 bits per heavy atom. The normalized spacial score (nSPS) is 12.9. The van der Waals surface area contributed by atoms with Gasteiger partial charge in [-0.2, -0.15) is 26.3 Å². The van der Waals surface area contributed by atoms with Crippen molar-refractivity contribution < 1.29 is 34.8 Å². The van der Waals surface area contributed by atoms with Crippen molar-refractivity contribution >= 4 is 32.0 Å². The number of anilines is 1. The molecule has 13 heteroatoms. The number of fused-ring (bicyclic) bond motifs is 1. The average molecular weight is 491 g/mol. The third kappa shape index (κ3) is 4.43. The summed E-state index contributed by atoms with van der Waals surface area (Å²) in [5.41, 5.74) is -2.48. The second-order valence-electron chi connectivity index (χ2n) is 6.65. The standard InChI is InChI=1S/C19H11F6N3O2S2/c20-18(21,22)12-7-13(19(23,24)25)9-15(8-12)32(29,30)27-14-3-1-2-11(6-14)16-10-28-4-5-31-17(28)26-16/h1-10,27H. The lowest BCUT2D eigenvalue weighted by atomic mass is 10.1. The molecule has 0 atom stereocenters. The van der Waals surface area contributed by atoms with Crippen molar-refractivity contribution in [3.8, 4) is 11.3 Å². The summed E-state index contributed by atoms with van der Waals surface area (Å²) in [5.74, 6) is 0. The van der Waals surface area contributed by atoms with E-state index in [0.29, 0.717) is 16.2 Å². The Morgan fingerprint density at radius 1 is 0.938 bits per heavy atom. The molecule has 2 aromatic carbocycles. The van der Waals surface area contributed by atoms with Crippen molar-refractivity contribution in [2.75, 3.05) is 4.72 Å². The highest BCUT2D eigenvalue weighted by Crippen LogP contribution is 2.37. The summed E-state index contributed by atoms with van der Waals surface area (Å²) in [5, 5.41) is 1.82. The molecular weight excluding hydrogens is 480 g/mol. The number of hydrogen-bond acceptors (Lipinski definition) is 4. The SMILES string of the molecule is O=S(=O)(Nc1cccc(-c2cn3ccsc3n2)c1)c1cc(C(F)(F)F)cc(C(F)(F)F)c1. The molecule has 0 saturated heterocycles. The lowest BCUT2D eigenvalue weighted by Crippen LogP contribution is -2.17. The summed E-state index contributed by atoms with van der Waals surface area (Å²) < 4.78 is 107. The Bertz CT molecular complexity index is 1340. The van der Waals surface area contributed by atoms with E-state index in [2.05, 4.69) is 4.98 Å². The number of rotatable bonds is 4. The minimum Gasteiger partial charge on any atom is -0.297 e. The van der Waals surface area contributed by atoms with E-state index in [0.717, 1.165) is 0 Å². The number of hydrogen-bond donors (Lipinski definition) is 1. The Morgan fingerprint density at radius 2 is 1.59 bits per heavy atom. The van der Waals surface area contributed by atoms with Crippen LogP contribution in [0.4, 0.5) is 32.0 Å². The van der Waals surface area contributed by atoms with E-state index in [-0.39, 0.29) is 23.9 Å². The number of benzene rings is 2. The summed E-state index contributed by atoms with van der Waals surface area (Å²) in [6.07, 6.45) is -6.87. The van der Waals surface area contributed by atoms with E-state index in [1.165, 1.54) is 29.5 Å². The van der Waals surface area contributed by atoms with Crippen LogP contribution >= 0.6 is 11.3 Å². The topological polar surface area (TPSA) is 63.5 Å². The molecule has 0 aliphatic carbocycles. The number of aromatic nitrogens is 2. The molecule has 0 spiro atoms. The van der Waals surface area contributed by atoms with Gasteiger partial charge in [-0.1, -0.05) is 12.1 Å². The number of alkyl halides is 6. The molecule has 32 heavy (non-hydrogen) atoms. The second kappa shape index (κ2) is 7.52. The zero-order valence-corrected chi connectivity index (χ0v) is 17.2. The predicted molar refractivity (Wildman–Crippen MR) is 106 cm³/mol. The van der Waals surface area contributed by atoms with Crippen molar-refractivity contribution in [3.05, 3.63) is 71.4 Å². The van der Waals surface area contributed by atoms with Crippen molar-refractivity contribution in [2.45, 2.75) is 17.2 Å². The van der Waals surface area contributed by atoms with Gasteiger partial charge in [-0.05, 0) is 30.3 Å². The van der Waals surface area contributed by atoms with Gasteiger partial charge in [-0.3, -0.25) is 9.12 Å². The Labute approximate surface area is 181 Å². The van der Waals surface area contributed by atoms with Crippen LogP contribution in [0.1, 0.15) is 11.1 Å². The van der Waals surface area contributed by atoms with Crippen molar-refractivity contribution in [2.24, 2.45) is 0 Å². The van der Waals surface area contributed by atoms with Gasteiger partial charge in [0, 0.05) is 29.0 Å². The van der Waals surface area contributed by atoms with Gasteiger partial charge in [0.2, 0.25) is 0 Å². The van der Waals surface area contributed by atoms with Crippen LogP contribution in [0.5, 0.6) is 0 Å². The predicted octanol–water partition coefficient (Wildman–Crippen LogP) is 5.90.